The van der Waals surface area contributed by atoms with Gasteiger partial charge < -0.3 is 9.94 Å². The molecule has 26 heavy (non-hydrogen) atoms. The lowest BCUT2D eigenvalue weighted by molar-refractivity contribution is 0.102. The molecule has 1 aliphatic rings. The number of thiocarbonyl (C=S) groups is 1. The van der Waals surface area contributed by atoms with Gasteiger partial charge in [0, 0.05) is 5.56 Å². The average molecular weight is 456 g/mol. The molecule has 140 valence electrons. The standard InChI is InChI=1S/C18H22BrN3O2S2/c1-3-4-5-13-6-8-14(9-7-13)17(25)24-16-11-21(2)12-22(16,23)18-20-10-15(19)26-18/h6-10,16H,3-5,11-12H2,1-2H3. The van der Waals surface area contributed by atoms with Gasteiger partial charge in [-0.1, -0.05) is 37.6 Å². The molecule has 8 heteroatoms. The van der Waals surface area contributed by atoms with Crippen molar-refractivity contribution in [2.45, 2.75) is 32.4 Å². The first-order valence-electron chi connectivity index (χ1n) is 8.61. The maximum absolute atomic E-state index is 13.4. The summed E-state index contributed by atoms with van der Waals surface area (Å²) < 4.78 is 6.16. The monoisotopic (exact) mass is 455 g/mol. The number of unbranched alkanes of at least 4 members (excludes halogenated alkanes) is 1. The fraction of sp³-hybridized carbons (Fsp3) is 0.444. The predicted octanol–water partition coefficient (Wildman–Crippen LogP) is 4.67. The number of aryl methyl sites for hydroxylation is 1. The Morgan fingerprint density at radius 2 is 2.19 bits per heavy atom. The van der Waals surface area contributed by atoms with Crippen molar-refractivity contribution in [3.8, 4) is 0 Å². The van der Waals surface area contributed by atoms with Gasteiger partial charge in [0.15, 0.2) is 5.05 Å². The summed E-state index contributed by atoms with van der Waals surface area (Å²) in [5.74, 6) is 0. The zero-order valence-electron chi connectivity index (χ0n) is 14.9. The molecule has 0 spiro atoms. The number of thiazole rings is 1. The van der Waals surface area contributed by atoms with Crippen molar-refractivity contribution in [1.29, 1.82) is 0 Å². The van der Waals surface area contributed by atoms with Gasteiger partial charge in [0.25, 0.3) is 11.4 Å². The molecule has 0 saturated carbocycles. The molecule has 1 aromatic heterocycles. The van der Waals surface area contributed by atoms with Crippen molar-refractivity contribution in [2.24, 2.45) is 0 Å². The van der Waals surface area contributed by atoms with E-state index in [1.54, 1.807) is 6.20 Å². The van der Waals surface area contributed by atoms with Crippen LogP contribution in [0.1, 0.15) is 30.9 Å². The van der Waals surface area contributed by atoms with Gasteiger partial charge in [-0.2, -0.15) is 4.98 Å². The summed E-state index contributed by atoms with van der Waals surface area (Å²) in [4.78, 5) is 6.20. The molecule has 1 saturated heterocycles. The molecule has 5 nitrogen and oxygen atoms in total. The van der Waals surface area contributed by atoms with E-state index in [1.807, 2.05) is 24.1 Å². The quantitative estimate of drug-likeness (QED) is 0.359. The smallest absolute Gasteiger partial charge is 0.291 e. The number of aromatic nitrogens is 1. The van der Waals surface area contributed by atoms with E-state index in [2.05, 4.69) is 40.0 Å². The minimum absolute atomic E-state index is 0.295. The van der Waals surface area contributed by atoms with E-state index >= 15 is 0 Å². The summed E-state index contributed by atoms with van der Waals surface area (Å²) in [5.41, 5.74) is 2.13. The van der Waals surface area contributed by atoms with Crippen LogP contribution < -0.4 is 4.65 Å². The number of benzene rings is 1. The molecular formula is C18H22BrN3O2S2. The van der Waals surface area contributed by atoms with Crippen molar-refractivity contribution in [2.75, 3.05) is 20.3 Å². The molecule has 0 N–H and O–H groups in total. The molecule has 0 bridgehead atoms. The maximum Gasteiger partial charge on any atom is 0.291 e. The maximum atomic E-state index is 13.4. The van der Waals surface area contributed by atoms with Crippen LogP contribution in [0.4, 0.5) is 5.13 Å². The normalized spacial score (nSPS) is 23.3. The highest BCUT2D eigenvalue weighted by atomic mass is 79.9. The van der Waals surface area contributed by atoms with Gasteiger partial charge in [0.1, 0.15) is 6.67 Å². The van der Waals surface area contributed by atoms with Crippen LogP contribution in [0.3, 0.4) is 0 Å². The number of nitrogens with zero attached hydrogens (tertiary/aromatic N) is 3. The summed E-state index contributed by atoms with van der Waals surface area (Å²) in [6, 6.07) is 8.12. The van der Waals surface area contributed by atoms with Gasteiger partial charge in [-0.25, -0.2) is 4.90 Å². The third kappa shape index (κ3) is 4.32. The molecule has 0 radical (unpaired) electrons. The number of hydrogen-bond donors (Lipinski definition) is 0. The molecule has 2 heterocycles. The van der Waals surface area contributed by atoms with Crippen LogP contribution in [0.5, 0.6) is 0 Å². The third-order valence-electron chi connectivity index (χ3n) is 4.43. The molecule has 1 fully saturated rings. The van der Waals surface area contributed by atoms with Crippen LogP contribution in [0.2, 0.25) is 0 Å². The summed E-state index contributed by atoms with van der Waals surface area (Å²) >= 11 is 10.2. The Morgan fingerprint density at radius 1 is 1.46 bits per heavy atom. The van der Waals surface area contributed by atoms with Crippen molar-refractivity contribution in [1.82, 2.24) is 14.5 Å². The van der Waals surface area contributed by atoms with E-state index in [9.17, 15) is 5.21 Å². The lowest BCUT2D eigenvalue weighted by Gasteiger charge is -2.39. The van der Waals surface area contributed by atoms with Gasteiger partial charge in [-0.05, 0) is 64.9 Å². The number of rotatable bonds is 6. The van der Waals surface area contributed by atoms with Gasteiger partial charge in [0.2, 0.25) is 0 Å². The summed E-state index contributed by atoms with van der Waals surface area (Å²) in [6.07, 6.45) is 4.45. The molecular weight excluding hydrogens is 434 g/mol. The number of quaternary nitrogens is 1. The summed E-state index contributed by atoms with van der Waals surface area (Å²) in [7, 11) is 1.91. The third-order valence-corrected chi connectivity index (χ3v) is 6.35. The predicted molar refractivity (Wildman–Crippen MR) is 114 cm³/mol. The zero-order valence-corrected chi connectivity index (χ0v) is 18.1. The van der Waals surface area contributed by atoms with E-state index in [-0.39, 0.29) is 0 Å². The second-order valence-electron chi connectivity index (χ2n) is 6.58. The minimum Gasteiger partial charge on any atom is -0.622 e. The van der Waals surface area contributed by atoms with E-state index in [1.165, 1.54) is 29.7 Å². The highest BCUT2D eigenvalue weighted by Gasteiger charge is 2.44. The van der Waals surface area contributed by atoms with Crippen LogP contribution in [-0.2, 0) is 11.2 Å². The fourth-order valence-corrected chi connectivity index (χ4v) is 4.51. The number of hydroxylamine groups is 2. The van der Waals surface area contributed by atoms with E-state index in [4.69, 9.17) is 17.0 Å². The first-order valence-corrected chi connectivity index (χ1v) is 10.6. The van der Waals surface area contributed by atoms with Crippen LogP contribution in [-0.4, -0.2) is 41.4 Å². The highest BCUT2D eigenvalue weighted by Crippen LogP contribution is 2.36. The second-order valence-corrected chi connectivity index (χ2v) is 9.34. The second kappa shape index (κ2) is 8.41. The molecule has 2 aromatic rings. The molecule has 0 amide bonds. The van der Waals surface area contributed by atoms with Crippen molar-refractivity contribution in [3.05, 3.63) is 50.6 Å². The summed E-state index contributed by atoms with van der Waals surface area (Å²) in [6.45, 7) is 2.99. The topological polar surface area (TPSA) is 48.4 Å². The van der Waals surface area contributed by atoms with Gasteiger partial charge in [-0.3, -0.25) is 4.65 Å². The van der Waals surface area contributed by atoms with Crippen molar-refractivity contribution < 1.29 is 4.74 Å². The number of halogens is 1. The zero-order chi connectivity index (χ0) is 18.7. The highest BCUT2D eigenvalue weighted by molar-refractivity contribution is 9.11. The molecule has 2 unspecified atom stereocenters. The molecule has 2 atom stereocenters. The van der Waals surface area contributed by atoms with Crippen molar-refractivity contribution in [3.63, 3.8) is 0 Å². The molecule has 1 aliphatic heterocycles. The fourth-order valence-electron chi connectivity index (χ4n) is 3.01. The van der Waals surface area contributed by atoms with E-state index in [0.717, 1.165) is 15.8 Å². The van der Waals surface area contributed by atoms with Crippen LogP contribution in [0.25, 0.3) is 0 Å². The largest absolute Gasteiger partial charge is 0.622 e. The van der Waals surface area contributed by atoms with Gasteiger partial charge >= 0.3 is 0 Å². The Balaban J connectivity index is 1.73. The average Bonchev–Trinajstić information content (AvgIpc) is 3.17. The SMILES string of the molecule is CCCCc1ccc(C(=S)OC2CN(C)C[N+]2([O-])c2ncc(Br)s2)cc1. The Labute approximate surface area is 171 Å². The minimum atomic E-state index is -0.637. The molecule has 0 aliphatic carbocycles. The molecule has 1 aromatic carbocycles. The van der Waals surface area contributed by atoms with E-state index < -0.39 is 10.9 Å². The van der Waals surface area contributed by atoms with Crippen LogP contribution in [0, 0.1) is 5.21 Å². The van der Waals surface area contributed by atoms with Crippen LogP contribution in [0.15, 0.2) is 34.2 Å². The first kappa shape index (κ1) is 19.9. The number of hydrogen-bond acceptors (Lipinski definition) is 6. The number of ether oxygens (including phenoxy) is 1. The van der Waals surface area contributed by atoms with E-state index in [0.29, 0.717) is 23.4 Å². The Kier molecular flexibility index (Phi) is 6.42. The number of likely N-dealkylation sites (N-methyl/N-ethyl adjacent to an activating group) is 1. The van der Waals surface area contributed by atoms with Crippen molar-refractivity contribution >= 4 is 49.7 Å². The summed E-state index contributed by atoms with van der Waals surface area (Å²) in [5, 5.41) is 14.3. The lowest BCUT2D eigenvalue weighted by Crippen LogP contribution is -2.50. The van der Waals surface area contributed by atoms with Crippen LogP contribution >= 0.6 is 39.5 Å². The van der Waals surface area contributed by atoms with Gasteiger partial charge in [0.05, 0.1) is 16.5 Å². The Bertz CT molecular complexity index is 768. The lowest BCUT2D eigenvalue weighted by atomic mass is 10.1. The Hall–Kier alpha value is -0.900. The van der Waals surface area contributed by atoms with Gasteiger partial charge in [-0.15, -0.1) is 0 Å². The first-order chi connectivity index (χ1) is 12.4. The Morgan fingerprint density at radius 3 is 2.81 bits per heavy atom. The molecule has 3 rings (SSSR count).